The second-order valence-electron chi connectivity index (χ2n) is 6.04. The van der Waals surface area contributed by atoms with Crippen LogP contribution in [0.2, 0.25) is 0 Å². The Balaban J connectivity index is 1.65. The van der Waals surface area contributed by atoms with E-state index in [2.05, 4.69) is 10.6 Å². The standard InChI is InChI=1S/C20H20N2O3S/c1-13-5-3-6-17(14(13)2)22-20(24)19(23)21-11-16(15-8-10-26-12-15)18-7-4-9-25-18/h3-10,12,16H,11H2,1-2H3,(H,21,23)(H,22,24). The van der Waals surface area contributed by atoms with Gasteiger partial charge in [-0.2, -0.15) is 11.3 Å². The molecule has 0 bridgehead atoms. The number of thiophene rings is 1. The van der Waals surface area contributed by atoms with E-state index in [1.807, 2.05) is 54.9 Å². The molecule has 2 aromatic heterocycles. The zero-order valence-electron chi connectivity index (χ0n) is 14.6. The Morgan fingerprint density at radius 1 is 1.12 bits per heavy atom. The number of anilines is 1. The third kappa shape index (κ3) is 4.03. The number of carbonyl (C=O) groups excluding carboxylic acids is 2. The van der Waals surface area contributed by atoms with Gasteiger partial charge in [0.25, 0.3) is 0 Å². The zero-order chi connectivity index (χ0) is 18.5. The van der Waals surface area contributed by atoms with Gasteiger partial charge in [0.1, 0.15) is 5.76 Å². The van der Waals surface area contributed by atoms with Crippen molar-refractivity contribution < 1.29 is 14.0 Å². The van der Waals surface area contributed by atoms with Gasteiger partial charge in [0, 0.05) is 12.2 Å². The van der Waals surface area contributed by atoms with Crippen LogP contribution >= 0.6 is 11.3 Å². The van der Waals surface area contributed by atoms with Crippen molar-refractivity contribution in [2.75, 3.05) is 11.9 Å². The number of nitrogens with one attached hydrogen (secondary N) is 2. The van der Waals surface area contributed by atoms with Crippen LogP contribution in [0.15, 0.2) is 57.8 Å². The third-order valence-corrected chi connectivity index (χ3v) is 5.06. The minimum atomic E-state index is -0.679. The Hall–Kier alpha value is -2.86. The number of rotatable bonds is 5. The van der Waals surface area contributed by atoms with E-state index < -0.39 is 11.8 Å². The summed E-state index contributed by atoms with van der Waals surface area (Å²) in [6.45, 7) is 4.15. The Labute approximate surface area is 156 Å². The molecule has 6 heteroatoms. The van der Waals surface area contributed by atoms with Crippen LogP contribution in [0.1, 0.15) is 28.4 Å². The number of aryl methyl sites for hydroxylation is 1. The largest absolute Gasteiger partial charge is 0.469 e. The van der Waals surface area contributed by atoms with Crippen LogP contribution in [0.3, 0.4) is 0 Å². The lowest BCUT2D eigenvalue weighted by atomic mass is 9.99. The molecular formula is C20H20N2O3S. The lowest BCUT2D eigenvalue weighted by molar-refractivity contribution is -0.136. The molecule has 0 aliphatic carbocycles. The average molecular weight is 368 g/mol. The summed E-state index contributed by atoms with van der Waals surface area (Å²) in [5.74, 6) is -0.729. The summed E-state index contributed by atoms with van der Waals surface area (Å²) in [7, 11) is 0. The number of hydrogen-bond donors (Lipinski definition) is 2. The van der Waals surface area contributed by atoms with Crippen LogP contribution < -0.4 is 10.6 Å². The van der Waals surface area contributed by atoms with E-state index in [0.717, 1.165) is 22.5 Å². The molecule has 3 aromatic rings. The molecule has 0 saturated heterocycles. The molecule has 1 atom stereocenters. The van der Waals surface area contributed by atoms with Crippen molar-refractivity contribution in [2.24, 2.45) is 0 Å². The number of carbonyl (C=O) groups is 2. The molecule has 26 heavy (non-hydrogen) atoms. The Morgan fingerprint density at radius 2 is 1.96 bits per heavy atom. The van der Waals surface area contributed by atoms with Crippen LogP contribution in [0.4, 0.5) is 5.69 Å². The highest BCUT2D eigenvalue weighted by molar-refractivity contribution is 7.08. The number of benzene rings is 1. The van der Waals surface area contributed by atoms with Crippen molar-refractivity contribution in [1.29, 1.82) is 0 Å². The van der Waals surface area contributed by atoms with Gasteiger partial charge in [-0.3, -0.25) is 9.59 Å². The molecule has 0 saturated carbocycles. The minimum absolute atomic E-state index is 0.131. The molecule has 0 spiro atoms. The number of amides is 2. The maximum Gasteiger partial charge on any atom is 0.313 e. The molecule has 0 aliphatic heterocycles. The molecule has 2 N–H and O–H groups in total. The van der Waals surface area contributed by atoms with Crippen molar-refractivity contribution >= 4 is 28.8 Å². The summed E-state index contributed by atoms with van der Waals surface area (Å²) >= 11 is 1.58. The van der Waals surface area contributed by atoms with E-state index >= 15 is 0 Å². The quantitative estimate of drug-likeness (QED) is 0.672. The topological polar surface area (TPSA) is 71.3 Å². The van der Waals surface area contributed by atoms with E-state index in [0.29, 0.717) is 5.69 Å². The lowest BCUT2D eigenvalue weighted by Gasteiger charge is -2.15. The molecule has 0 fully saturated rings. The van der Waals surface area contributed by atoms with Crippen LogP contribution in [0.25, 0.3) is 0 Å². The highest BCUT2D eigenvalue weighted by Crippen LogP contribution is 2.26. The predicted molar refractivity (Wildman–Crippen MR) is 102 cm³/mol. The summed E-state index contributed by atoms with van der Waals surface area (Å²) in [6.07, 6.45) is 1.60. The summed E-state index contributed by atoms with van der Waals surface area (Å²) in [5, 5.41) is 9.36. The fourth-order valence-corrected chi connectivity index (χ4v) is 3.40. The van der Waals surface area contributed by atoms with Crippen LogP contribution in [-0.2, 0) is 9.59 Å². The van der Waals surface area contributed by atoms with Crippen molar-refractivity contribution in [3.8, 4) is 0 Å². The van der Waals surface area contributed by atoms with Gasteiger partial charge in [0.05, 0.1) is 12.2 Å². The first-order valence-corrected chi connectivity index (χ1v) is 9.21. The maximum atomic E-state index is 12.2. The zero-order valence-corrected chi connectivity index (χ0v) is 15.4. The molecule has 1 aromatic carbocycles. The van der Waals surface area contributed by atoms with Gasteiger partial charge >= 0.3 is 11.8 Å². The average Bonchev–Trinajstić information content (AvgIpc) is 3.33. The van der Waals surface area contributed by atoms with E-state index in [4.69, 9.17) is 4.42 Å². The number of furan rings is 1. The van der Waals surface area contributed by atoms with E-state index in [-0.39, 0.29) is 12.5 Å². The summed E-state index contributed by atoms with van der Waals surface area (Å²) in [5.41, 5.74) is 3.68. The summed E-state index contributed by atoms with van der Waals surface area (Å²) < 4.78 is 5.49. The molecule has 2 heterocycles. The fourth-order valence-electron chi connectivity index (χ4n) is 2.69. The Morgan fingerprint density at radius 3 is 2.65 bits per heavy atom. The van der Waals surface area contributed by atoms with Gasteiger partial charge in [-0.1, -0.05) is 12.1 Å². The maximum absolute atomic E-state index is 12.2. The predicted octanol–water partition coefficient (Wildman–Crippen LogP) is 3.84. The smallest absolute Gasteiger partial charge is 0.313 e. The monoisotopic (exact) mass is 368 g/mol. The van der Waals surface area contributed by atoms with Crippen molar-refractivity contribution in [2.45, 2.75) is 19.8 Å². The van der Waals surface area contributed by atoms with E-state index in [1.54, 1.807) is 23.7 Å². The molecule has 3 rings (SSSR count). The first kappa shape index (κ1) is 17.9. The van der Waals surface area contributed by atoms with Crippen molar-refractivity contribution in [1.82, 2.24) is 5.32 Å². The number of hydrogen-bond acceptors (Lipinski definition) is 4. The molecule has 0 radical (unpaired) electrons. The lowest BCUT2D eigenvalue weighted by Crippen LogP contribution is -2.37. The second-order valence-corrected chi connectivity index (χ2v) is 6.82. The van der Waals surface area contributed by atoms with Crippen molar-refractivity contribution in [3.63, 3.8) is 0 Å². The van der Waals surface area contributed by atoms with E-state index in [1.165, 1.54) is 0 Å². The Kier molecular flexibility index (Phi) is 5.53. The van der Waals surface area contributed by atoms with Crippen LogP contribution in [0, 0.1) is 13.8 Å². The van der Waals surface area contributed by atoms with E-state index in [9.17, 15) is 9.59 Å². The normalized spacial score (nSPS) is 11.8. The highest BCUT2D eigenvalue weighted by atomic mass is 32.1. The fraction of sp³-hybridized carbons (Fsp3) is 0.200. The molecule has 1 unspecified atom stereocenters. The van der Waals surface area contributed by atoms with Crippen LogP contribution in [-0.4, -0.2) is 18.4 Å². The first-order valence-electron chi connectivity index (χ1n) is 8.27. The van der Waals surface area contributed by atoms with Gasteiger partial charge in [-0.25, -0.2) is 0 Å². The third-order valence-electron chi connectivity index (χ3n) is 4.36. The van der Waals surface area contributed by atoms with Gasteiger partial charge in [-0.05, 0) is 65.6 Å². The molecule has 2 amide bonds. The van der Waals surface area contributed by atoms with Gasteiger partial charge < -0.3 is 15.1 Å². The highest BCUT2D eigenvalue weighted by Gasteiger charge is 2.21. The van der Waals surface area contributed by atoms with Gasteiger partial charge in [0.15, 0.2) is 0 Å². The molecule has 134 valence electrons. The minimum Gasteiger partial charge on any atom is -0.469 e. The molecule has 5 nitrogen and oxygen atoms in total. The molecule has 0 aliphatic rings. The first-order chi connectivity index (χ1) is 12.6. The summed E-state index contributed by atoms with van der Waals surface area (Å²) in [6, 6.07) is 11.2. The molecular weight excluding hydrogens is 348 g/mol. The van der Waals surface area contributed by atoms with Gasteiger partial charge in [0.2, 0.25) is 0 Å². The summed E-state index contributed by atoms with van der Waals surface area (Å²) in [4.78, 5) is 24.5. The van der Waals surface area contributed by atoms with Crippen molar-refractivity contribution in [3.05, 3.63) is 75.9 Å². The second kappa shape index (κ2) is 8.01. The van der Waals surface area contributed by atoms with Gasteiger partial charge in [-0.15, -0.1) is 0 Å². The Bertz CT molecular complexity index is 852. The van der Waals surface area contributed by atoms with Crippen LogP contribution in [0.5, 0.6) is 0 Å². The SMILES string of the molecule is Cc1cccc(NC(=O)C(=O)NCC(c2ccsc2)c2ccco2)c1C.